The lowest BCUT2D eigenvalue weighted by Crippen LogP contribution is -2.39. The van der Waals surface area contributed by atoms with E-state index in [1.165, 1.54) is 6.42 Å². The molecule has 0 spiro atoms. The molecule has 5 rings (SSSR count). The van der Waals surface area contributed by atoms with Gasteiger partial charge in [-0.25, -0.2) is 14.1 Å². The number of rotatable bonds is 6. The van der Waals surface area contributed by atoms with Crippen molar-refractivity contribution in [1.29, 1.82) is 0 Å². The number of hydrogen-bond donors (Lipinski definition) is 2. The maximum absolute atomic E-state index is 13.4. The molecule has 2 atom stereocenters. The van der Waals surface area contributed by atoms with E-state index in [4.69, 9.17) is 19.8 Å². The Morgan fingerprint density at radius 1 is 1.27 bits per heavy atom. The summed E-state index contributed by atoms with van der Waals surface area (Å²) in [5.41, 5.74) is 2.83. The predicted octanol–water partition coefficient (Wildman–Crippen LogP) is 2.04. The van der Waals surface area contributed by atoms with Crippen LogP contribution >= 0.6 is 0 Å². The first-order valence-electron chi connectivity index (χ1n) is 11.6. The number of aliphatic hydroxyl groups is 1. The number of amides is 1. The van der Waals surface area contributed by atoms with E-state index in [-0.39, 0.29) is 36.6 Å². The van der Waals surface area contributed by atoms with E-state index in [1.54, 1.807) is 4.90 Å². The molecule has 2 aliphatic heterocycles. The number of piperidine rings is 1. The minimum absolute atomic E-state index is 0.0845. The van der Waals surface area contributed by atoms with Gasteiger partial charge in [0.1, 0.15) is 5.82 Å². The van der Waals surface area contributed by atoms with Crippen molar-refractivity contribution in [3.05, 3.63) is 29.2 Å². The average Bonchev–Trinajstić information content (AvgIpc) is 3.56. The Morgan fingerprint density at radius 2 is 2.15 bits per heavy atom. The van der Waals surface area contributed by atoms with E-state index in [0.29, 0.717) is 12.5 Å². The lowest BCUT2D eigenvalue weighted by molar-refractivity contribution is 0.0595. The molecule has 2 aliphatic rings. The first kappa shape index (κ1) is 21.6. The first-order valence-corrected chi connectivity index (χ1v) is 11.6. The second-order valence-electron chi connectivity index (χ2n) is 9.08. The highest BCUT2D eigenvalue weighted by molar-refractivity contribution is 5.96. The molecule has 1 amide bonds. The Kier molecular flexibility index (Phi) is 5.88. The number of fused-ring (bicyclic) bond motifs is 1. The van der Waals surface area contributed by atoms with Crippen LogP contribution in [0, 0.1) is 12.8 Å². The van der Waals surface area contributed by atoms with Crippen molar-refractivity contribution in [2.45, 2.75) is 45.6 Å². The number of anilines is 2. The molecule has 0 unspecified atom stereocenters. The van der Waals surface area contributed by atoms with Gasteiger partial charge in [-0.3, -0.25) is 4.79 Å². The third kappa shape index (κ3) is 4.12. The van der Waals surface area contributed by atoms with E-state index in [1.807, 2.05) is 16.8 Å². The molecule has 2 fully saturated rings. The van der Waals surface area contributed by atoms with Crippen LogP contribution in [0.5, 0.6) is 0 Å². The normalized spacial score (nSPS) is 21.2. The van der Waals surface area contributed by atoms with E-state index in [9.17, 15) is 4.79 Å². The van der Waals surface area contributed by atoms with E-state index >= 15 is 0 Å². The van der Waals surface area contributed by atoms with Crippen LogP contribution in [0.15, 0.2) is 16.9 Å². The first-order chi connectivity index (χ1) is 16.0. The van der Waals surface area contributed by atoms with Gasteiger partial charge in [0.05, 0.1) is 18.3 Å². The molecule has 0 aliphatic carbocycles. The number of nitrogens with zero attached hydrogens (tertiary/aromatic N) is 7. The highest BCUT2D eigenvalue weighted by Crippen LogP contribution is 2.33. The molecule has 0 aromatic carbocycles. The van der Waals surface area contributed by atoms with Gasteiger partial charge in [-0.05, 0) is 48.8 Å². The molecule has 2 saturated heterocycles. The van der Waals surface area contributed by atoms with Crippen LogP contribution in [0.1, 0.15) is 60.4 Å². The Labute approximate surface area is 191 Å². The van der Waals surface area contributed by atoms with Crippen molar-refractivity contribution in [3.63, 3.8) is 0 Å². The summed E-state index contributed by atoms with van der Waals surface area (Å²) in [6.07, 6.45) is 5.95. The molecule has 2 N–H and O–H groups in total. The van der Waals surface area contributed by atoms with E-state index in [0.717, 1.165) is 55.1 Å². The fourth-order valence-corrected chi connectivity index (χ4v) is 4.87. The highest BCUT2D eigenvalue weighted by Gasteiger charge is 2.34. The lowest BCUT2D eigenvalue weighted by atomic mass is 9.99. The molecule has 0 bridgehead atoms. The summed E-state index contributed by atoms with van der Waals surface area (Å²) in [6, 6.07) is 1.82. The van der Waals surface area contributed by atoms with Crippen LogP contribution < -0.4 is 10.2 Å². The van der Waals surface area contributed by atoms with Crippen LogP contribution in [0.25, 0.3) is 5.65 Å². The van der Waals surface area contributed by atoms with Gasteiger partial charge in [-0.1, -0.05) is 6.92 Å². The summed E-state index contributed by atoms with van der Waals surface area (Å²) in [7, 11) is 0. The quantitative estimate of drug-likeness (QED) is 0.575. The topological polar surface area (TPSA) is 125 Å². The monoisotopic (exact) mass is 454 g/mol. The molecule has 11 nitrogen and oxygen atoms in total. The van der Waals surface area contributed by atoms with Gasteiger partial charge in [0.25, 0.3) is 5.91 Å². The summed E-state index contributed by atoms with van der Waals surface area (Å²) >= 11 is 0. The molecule has 3 aromatic rings. The third-order valence-corrected chi connectivity index (χ3v) is 6.55. The molecular formula is C22H30N8O3. The van der Waals surface area contributed by atoms with E-state index < -0.39 is 0 Å². The van der Waals surface area contributed by atoms with Gasteiger partial charge >= 0.3 is 0 Å². The fourth-order valence-electron chi connectivity index (χ4n) is 4.87. The average molecular weight is 455 g/mol. The van der Waals surface area contributed by atoms with Crippen LogP contribution in [-0.4, -0.2) is 73.6 Å². The number of nitrogens with one attached hydrogen (secondary N) is 1. The standard InChI is InChI=1S/C22H30N8O3/c1-14-6-9-28(12-14)21-15(2)13-30-18(24-21)11-16(25-30)17-5-3-4-8-29(17)22(32)19-20(23-7-10-31)27-33-26-19/h11,13-14,17,31H,3-10,12H2,1-2H3,(H,23,27)/t14-,17-/m0/s1. The smallest absolute Gasteiger partial charge is 0.280 e. The van der Waals surface area contributed by atoms with Crippen molar-refractivity contribution < 1.29 is 14.5 Å². The number of aryl methyl sites for hydroxylation is 1. The highest BCUT2D eigenvalue weighted by atomic mass is 16.6. The predicted molar refractivity (Wildman–Crippen MR) is 121 cm³/mol. The summed E-state index contributed by atoms with van der Waals surface area (Å²) in [6.45, 7) is 7.17. The van der Waals surface area contributed by atoms with Crippen molar-refractivity contribution in [1.82, 2.24) is 29.8 Å². The Bertz CT molecular complexity index is 1140. The third-order valence-electron chi connectivity index (χ3n) is 6.55. The second kappa shape index (κ2) is 8.97. The molecule has 11 heteroatoms. The minimum Gasteiger partial charge on any atom is -0.395 e. The number of hydrogen-bond acceptors (Lipinski definition) is 9. The second-order valence-corrected chi connectivity index (χ2v) is 9.08. The van der Waals surface area contributed by atoms with E-state index in [2.05, 4.69) is 34.4 Å². The van der Waals surface area contributed by atoms with Crippen LogP contribution in [0.2, 0.25) is 0 Å². The lowest BCUT2D eigenvalue weighted by Gasteiger charge is -2.34. The maximum atomic E-state index is 13.4. The summed E-state index contributed by atoms with van der Waals surface area (Å²) < 4.78 is 6.62. The van der Waals surface area contributed by atoms with Gasteiger partial charge in [-0.2, -0.15) is 5.10 Å². The number of likely N-dealkylation sites (tertiary alicyclic amines) is 1. The maximum Gasteiger partial charge on any atom is 0.280 e. The van der Waals surface area contributed by atoms with Crippen LogP contribution in [-0.2, 0) is 0 Å². The Hall–Kier alpha value is -3.21. The fraction of sp³-hybridized carbons (Fsp3) is 0.591. The largest absolute Gasteiger partial charge is 0.395 e. The van der Waals surface area contributed by atoms with Crippen molar-refractivity contribution in [2.24, 2.45) is 5.92 Å². The Balaban J connectivity index is 1.44. The molecular weight excluding hydrogens is 424 g/mol. The summed E-state index contributed by atoms with van der Waals surface area (Å²) in [5.74, 6) is 1.68. The molecule has 176 valence electrons. The SMILES string of the molecule is Cc1cn2nc([C@@H]3CCCCN3C(=O)c3nonc3NCCO)cc2nc1N1CC[C@H](C)C1. The van der Waals surface area contributed by atoms with Crippen LogP contribution in [0.3, 0.4) is 0 Å². The zero-order chi connectivity index (χ0) is 22.9. The van der Waals surface area contributed by atoms with Gasteiger partial charge in [0.15, 0.2) is 5.65 Å². The van der Waals surface area contributed by atoms with Crippen molar-refractivity contribution >= 4 is 23.2 Å². The number of aliphatic hydroxyl groups excluding tert-OH is 1. The van der Waals surface area contributed by atoms with Crippen molar-refractivity contribution in [3.8, 4) is 0 Å². The minimum atomic E-state index is -0.255. The zero-order valence-corrected chi connectivity index (χ0v) is 19.1. The van der Waals surface area contributed by atoms with Crippen LogP contribution in [0.4, 0.5) is 11.6 Å². The Morgan fingerprint density at radius 3 is 2.94 bits per heavy atom. The number of carbonyl (C=O) groups excluding carboxylic acids is 1. The molecule has 3 aromatic heterocycles. The summed E-state index contributed by atoms with van der Waals surface area (Å²) in [5, 5.41) is 24.3. The molecule has 0 radical (unpaired) electrons. The van der Waals surface area contributed by atoms with Gasteiger partial charge in [0.2, 0.25) is 11.5 Å². The molecule has 0 saturated carbocycles. The number of carbonyl (C=O) groups is 1. The van der Waals surface area contributed by atoms with Gasteiger partial charge in [0, 0.05) is 44.0 Å². The number of aromatic nitrogens is 5. The molecule has 33 heavy (non-hydrogen) atoms. The zero-order valence-electron chi connectivity index (χ0n) is 19.1. The molecule has 5 heterocycles. The van der Waals surface area contributed by atoms with Gasteiger partial charge in [-0.15, -0.1) is 0 Å². The summed E-state index contributed by atoms with van der Waals surface area (Å²) in [4.78, 5) is 22.4. The van der Waals surface area contributed by atoms with Crippen molar-refractivity contribution in [2.75, 3.05) is 43.0 Å². The van der Waals surface area contributed by atoms with Gasteiger partial charge < -0.3 is 20.2 Å².